The van der Waals surface area contributed by atoms with E-state index in [0.717, 1.165) is 5.56 Å². The van der Waals surface area contributed by atoms with Gasteiger partial charge in [0.05, 0.1) is 31.4 Å². The Hall–Kier alpha value is -3.84. The highest BCUT2D eigenvalue weighted by atomic mass is 35.5. The molecule has 8 heteroatoms. The van der Waals surface area contributed by atoms with Crippen molar-refractivity contribution in [3.63, 3.8) is 0 Å². The number of likely N-dealkylation sites (tertiary alicyclic amines) is 1. The lowest BCUT2D eigenvalue weighted by Crippen LogP contribution is -2.29. The molecule has 1 aliphatic heterocycles. The van der Waals surface area contributed by atoms with E-state index < -0.39 is 17.7 Å². The van der Waals surface area contributed by atoms with Crippen molar-refractivity contribution in [3.05, 3.63) is 94.3 Å². The fourth-order valence-electron chi connectivity index (χ4n) is 3.95. The van der Waals surface area contributed by atoms with Gasteiger partial charge in [0, 0.05) is 29.5 Å². The normalized spacial score (nSPS) is 17.3. The van der Waals surface area contributed by atoms with Gasteiger partial charge in [-0.2, -0.15) is 0 Å². The van der Waals surface area contributed by atoms with Crippen LogP contribution in [0.5, 0.6) is 11.5 Å². The molecule has 7 nitrogen and oxygen atoms in total. The highest BCUT2D eigenvalue weighted by Gasteiger charge is 2.47. The molecule has 1 atom stereocenters. The average molecular weight is 465 g/mol. The van der Waals surface area contributed by atoms with Crippen LogP contribution >= 0.6 is 11.6 Å². The molecule has 2 aromatic carbocycles. The van der Waals surface area contributed by atoms with Gasteiger partial charge < -0.3 is 19.5 Å². The summed E-state index contributed by atoms with van der Waals surface area (Å²) in [5.74, 6) is -1.12. The van der Waals surface area contributed by atoms with Gasteiger partial charge >= 0.3 is 0 Å². The van der Waals surface area contributed by atoms with E-state index in [2.05, 4.69) is 4.98 Å². The van der Waals surface area contributed by atoms with E-state index in [1.807, 2.05) is 0 Å². The van der Waals surface area contributed by atoms with Crippen molar-refractivity contribution in [2.75, 3.05) is 14.2 Å². The van der Waals surface area contributed by atoms with E-state index in [4.69, 9.17) is 21.1 Å². The first-order chi connectivity index (χ1) is 16.0. The molecule has 168 valence electrons. The van der Waals surface area contributed by atoms with E-state index in [-0.39, 0.29) is 23.4 Å². The van der Waals surface area contributed by atoms with Crippen LogP contribution in [0.3, 0.4) is 0 Å². The standard InChI is InChI=1S/C25H21ClN2O5/c1-32-19-6-4-3-5-17(19)22-21(23(29)18-13-16(26)7-8-20(18)33-2)24(30)25(31)28(22)14-15-9-11-27-12-10-15/h3-13,22,29H,14H2,1-2H3/b23-21+. The van der Waals surface area contributed by atoms with Gasteiger partial charge in [-0.15, -0.1) is 0 Å². The number of hydrogen-bond acceptors (Lipinski definition) is 6. The quantitative estimate of drug-likeness (QED) is 0.331. The largest absolute Gasteiger partial charge is 0.507 e. The monoisotopic (exact) mass is 464 g/mol. The van der Waals surface area contributed by atoms with Crippen LogP contribution in [0.1, 0.15) is 22.7 Å². The number of pyridine rings is 1. The summed E-state index contributed by atoms with van der Waals surface area (Å²) in [6.07, 6.45) is 3.22. The molecule has 0 bridgehead atoms. The van der Waals surface area contributed by atoms with Gasteiger partial charge in [-0.05, 0) is 42.0 Å². The van der Waals surface area contributed by atoms with E-state index >= 15 is 0 Å². The highest BCUT2D eigenvalue weighted by Crippen LogP contribution is 2.44. The Bertz CT molecular complexity index is 1240. The van der Waals surface area contributed by atoms with Crippen LogP contribution in [-0.4, -0.2) is 40.9 Å². The van der Waals surface area contributed by atoms with E-state index in [9.17, 15) is 14.7 Å². The lowest BCUT2D eigenvalue weighted by atomic mass is 9.94. The Labute approximate surface area is 195 Å². The SMILES string of the molecule is COc1ccc(Cl)cc1/C(O)=C1\C(=O)C(=O)N(Cc2ccncc2)C1c1ccccc1OC. The number of carbonyl (C=O) groups excluding carboxylic acids is 2. The van der Waals surface area contributed by atoms with Crippen LogP contribution in [0.25, 0.3) is 5.76 Å². The number of para-hydroxylation sites is 1. The molecule has 0 saturated carbocycles. The molecule has 1 unspecified atom stereocenters. The second-order valence-corrected chi connectivity index (χ2v) is 7.81. The van der Waals surface area contributed by atoms with Gasteiger partial charge in [0.15, 0.2) is 0 Å². The number of hydrogen-bond donors (Lipinski definition) is 1. The van der Waals surface area contributed by atoms with E-state index in [1.165, 1.54) is 25.2 Å². The van der Waals surface area contributed by atoms with Gasteiger partial charge in [-0.3, -0.25) is 14.6 Å². The van der Waals surface area contributed by atoms with Crippen LogP contribution in [-0.2, 0) is 16.1 Å². The van der Waals surface area contributed by atoms with Gasteiger partial charge in [0.1, 0.15) is 17.3 Å². The van der Waals surface area contributed by atoms with Crippen molar-refractivity contribution in [2.45, 2.75) is 12.6 Å². The number of rotatable bonds is 6. The molecule has 1 aliphatic rings. The molecule has 1 amide bonds. The molecule has 1 fully saturated rings. The Morgan fingerprint density at radius 2 is 1.73 bits per heavy atom. The van der Waals surface area contributed by atoms with Crippen LogP contribution in [0.2, 0.25) is 5.02 Å². The number of benzene rings is 2. The minimum Gasteiger partial charge on any atom is -0.507 e. The number of Topliss-reactive ketones (excluding diaryl/α,β-unsaturated/α-hetero) is 1. The number of aliphatic hydroxyl groups excluding tert-OH is 1. The molecule has 1 aromatic heterocycles. The third kappa shape index (κ3) is 4.15. The molecular weight excluding hydrogens is 444 g/mol. The maximum atomic E-state index is 13.3. The van der Waals surface area contributed by atoms with Crippen molar-refractivity contribution in [2.24, 2.45) is 0 Å². The zero-order valence-corrected chi connectivity index (χ0v) is 18.7. The summed E-state index contributed by atoms with van der Waals surface area (Å²) < 4.78 is 10.9. The predicted octanol–water partition coefficient (Wildman–Crippen LogP) is 4.37. The van der Waals surface area contributed by atoms with Gasteiger partial charge in [-0.25, -0.2) is 0 Å². The number of ketones is 1. The minimum atomic E-state index is -0.891. The predicted molar refractivity (Wildman–Crippen MR) is 123 cm³/mol. The lowest BCUT2D eigenvalue weighted by Gasteiger charge is -2.26. The van der Waals surface area contributed by atoms with Gasteiger partial charge in [-0.1, -0.05) is 29.8 Å². The molecule has 2 heterocycles. The molecule has 33 heavy (non-hydrogen) atoms. The number of aromatic nitrogens is 1. The molecule has 1 saturated heterocycles. The molecule has 3 aromatic rings. The molecule has 4 rings (SSSR count). The van der Waals surface area contributed by atoms with Gasteiger partial charge in [0.2, 0.25) is 0 Å². The summed E-state index contributed by atoms with van der Waals surface area (Å²) in [6, 6.07) is 14.4. The maximum absolute atomic E-state index is 13.3. The number of ether oxygens (including phenoxy) is 2. The molecular formula is C25H21ClN2O5. The number of nitrogens with zero attached hydrogens (tertiary/aromatic N) is 2. The zero-order chi connectivity index (χ0) is 23.5. The summed E-state index contributed by atoms with van der Waals surface area (Å²) in [5, 5.41) is 11.7. The van der Waals surface area contributed by atoms with Crippen molar-refractivity contribution in [1.29, 1.82) is 0 Å². The highest BCUT2D eigenvalue weighted by molar-refractivity contribution is 6.46. The summed E-state index contributed by atoms with van der Waals surface area (Å²) in [6.45, 7) is 0.138. The summed E-state index contributed by atoms with van der Waals surface area (Å²) in [5.41, 5.74) is 1.49. The minimum absolute atomic E-state index is 0.0703. The van der Waals surface area contributed by atoms with Crippen molar-refractivity contribution < 1.29 is 24.2 Å². The topological polar surface area (TPSA) is 89.0 Å². The molecule has 0 radical (unpaired) electrons. The number of amides is 1. The summed E-state index contributed by atoms with van der Waals surface area (Å²) in [7, 11) is 2.95. The molecule has 0 aliphatic carbocycles. The second kappa shape index (κ2) is 9.34. The number of methoxy groups -OCH3 is 2. The summed E-state index contributed by atoms with van der Waals surface area (Å²) >= 11 is 6.15. The Morgan fingerprint density at radius 1 is 1.03 bits per heavy atom. The first-order valence-corrected chi connectivity index (χ1v) is 10.5. The fraction of sp³-hybridized carbons (Fsp3) is 0.160. The van der Waals surface area contributed by atoms with E-state index in [1.54, 1.807) is 60.9 Å². The maximum Gasteiger partial charge on any atom is 0.295 e. The van der Waals surface area contributed by atoms with Crippen molar-refractivity contribution >= 4 is 29.1 Å². The Morgan fingerprint density at radius 3 is 2.42 bits per heavy atom. The van der Waals surface area contributed by atoms with Crippen molar-refractivity contribution in [1.82, 2.24) is 9.88 Å². The average Bonchev–Trinajstić information content (AvgIpc) is 3.09. The van der Waals surface area contributed by atoms with Crippen LogP contribution in [0, 0.1) is 0 Å². The first-order valence-electron chi connectivity index (χ1n) is 10.1. The Balaban J connectivity index is 1.95. The lowest BCUT2D eigenvalue weighted by molar-refractivity contribution is -0.140. The molecule has 1 N–H and O–H groups in total. The third-order valence-corrected chi connectivity index (χ3v) is 5.73. The number of aliphatic hydroxyl groups is 1. The number of carbonyl (C=O) groups is 2. The van der Waals surface area contributed by atoms with Gasteiger partial charge in [0.25, 0.3) is 11.7 Å². The molecule has 0 spiro atoms. The van der Waals surface area contributed by atoms with E-state index in [0.29, 0.717) is 22.1 Å². The second-order valence-electron chi connectivity index (χ2n) is 7.37. The Kier molecular flexibility index (Phi) is 6.33. The van der Waals surface area contributed by atoms with Crippen molar-refractivity contribution in [3.8, 4) is 11.5 Å². The smallest absolute Gasteiger partial charge is 0.295 e. The number of halogens is 1. The zero-order valence-electron chi connectivity index (χ0n) is 18.0. The fourth-order valence-corrected chi connectivity index (χ4v) is 4.13. The first kappa shape index (κ1) is 22.4. The summed E-state index contributed by atoms with van der Waals surface area (Å²) in [4.78, 5) is 31.8. The van der Waals surface area contributed by atoms with Crippen LogP contribution in [0.15, 0.2) is 72.6 Å². The van der Waals surface area contributed by atoms with Crippen LogP contribution < -0.4 is 9.47 Å². The third-order valence-electron chi connectivity index (χ3n) is 5.49. The van der Waals surface area contributed by atoms with Crippen LogP contribution in [0.4, 0.5) is 0 Å².